The van der Waals surface area contributed by atoms with Crippen LogP contribution in [0.5, 0.6) is 0 Å². The van der Waals surface area contributed by atoms with E-state index in [-0.39, 0.29) is 5.56 Å². The van der Waals surface area contributed by atoms with E-state index in [1.54, 1.807) is 6.07 Å². The van der Waals surface area contributed by atoms with Gasteiger partial charge in [-0.3, -0.25) is 4.79 Å². The Morgan fingerprint density at radius 2 is 1.76 bits per heavy atom. The average Bonchev–Trinajstić information content (AvgIpc) is 2.49. The van der Waals surface area contributed by atoms with Crippen molar-refractivity contribution in [2.45, 2.75) is 26.7 Å². The van der Waals surface area contributed by atoms with Crippen LogP contribution in [0.3, 0.4) is 0 Å². The second kappa shape index (κ2) is 6.85. The standard InChI is InChI=1S/C17H17BrFNO/c1-3-11-6-5-7-12(4-2)16(11)20-17(21)14-10-13(18)8-9-15(14)19/h5-10H,3-4H2,1-2H3,(H,20,21). The van der Waals surface area contributed by atoms with Crippen LogP contribution in [0.15, 0.2) is 40.9 Å². The number of nitrogens with one attached hydrogen (secondary N) is 1. The summed E-state index contributed by atoms with van der Waals surface area (Å²) in [5.41, 5.74) is 2.94. The first kappa shape index (κ1) is 15.7. The lowest BCUT2D eigenvalue weighted by Gasteiger charge is -2.14. The molecule has 0 saturated heterocycles. The third kappa shape index (κ3) is 3.50. The predicted octanol–water partition coefficient (Wildman–Crippen LogP) is 4.97. The third-order valence-corrected chi connectivity index (χ3v) is 3.90. The van der Waals surface area contributed by atoms with E-state index in [1.807, 2.05) is 32.0 Å². The largest absolute Gasteiger partial charge is 0.321 e. The van der Waals surface area contributed by atoms with Crippen LogP contribution in [0.2, 0.25) is 0 Å². The molecule has 0 atom stereocenters. The van der Waals surface area contributed by atoms with Gasteiger partial charge >= 0.3 is 0 Å². The van der Waals surface area contributed by atoms with Gasteiger partial charge in [-0.1, -0.05) is 48.0 Å². The number of halogens is 2. The highest BCUT2D eigenvalue weighted by Gasteiger charge is 2.15. The summed E-state index contributed by atoms with van der Waals surface area (Å²) in [5, 5.41) is 2.87. The van der Waals surface area contributed by atoms with E-state index in [1.165, 1.54) is 12.1 Å². The second-order valence-electron chi connectivity index (χ2n) is 4.74. The van der Waals surface area contributed by atoms with Gasteiger partial charge in [0, 0.05) is 10.2 Å². The third-order valence-electron chi connectivity index (χ3n) is 3.41. The van der Waals surface area contributed by atoms with E-state index in [2.05, 4.69) is 21.2 Å². The van der Waals surface area contributed by atoms with Crippen LogP contribution in [0.25, 0.3) is 0 Å². The highest BCUT2D eigenvalue weighted by molar-refractivity contribution is 9.10. The van der Waals surface area contributed by atoms with Crippen LogP contribution in [0, 0.1) is 5.82 Å². The van der Waals surface area contributed by atoms with Gasteiger partial charge in [0.25, 0.3) is 5.91 Å². The number of carbonyl (C=O) groups excluding carboxylic acids is 1. The van der Waals surface area contributed by atoms with Crippen LogP contribution >= 0.6 is 15.9 Å². The molecule has 0 bridgehead atoms. The number of hydrogen-bond donors (Lipinski definition) is 1. The monoisotopic (exact) mass is 349 g/mol. The van der Waals surface area contributed by atoms with E-state index in [9.17, 15) is 9.18 Å². The number of anilines is 1. The van der Waals surface area contributed by atoms with Crippen molar-refractivity contribution in [3.05, 3.63) is 63.4 Å². The number of carbonyl (C=O) groups is 1. The van der Waals surface area contributed by atoms with Gasteiger partial charge in [-0.25, -0.2) is 4.39 Å². The summed E-state index contributed by atoms with van der Waals surface area (Å²) in [5.74, 6) is -0.952. The molecule has 0 heterocycles. The first-order valence-corrected chi connectivity index (χ1v) is 7.73. The zero-order valence-electron chi connectivity index (χ0n) is 12.0. The number of aryl methyl sites for hydroxylation is 2. The van der Waals surface area contributed by atoms with Gasteiger partial charge in [0.15, 0.2) is 0 Å². The highest BCUT2D eigenvalue weighted by Crippen LogP contribution is 2.24. The maximum atomic E-state index is 13.8. The Morgan fingerprint density at radius 3 is 2.33 bits per heavy atom. The molecule has 2 aromatic rings. The molecular formula is C17H17BrFNO. The summed E-state index contributed by atoms with van der Waals surface area (Å²) in [4.78, 5) is 12.4. The summed E-state index contributed by atoms with van der Waals surface area (Å²) >= 11 is 3.26. The van der Waals surface area contributed by atoms with E-state index in [0.717, 1.165) is 29.7 Å². The average molecular weight is 350 g/mol. The minimum atomic E-state index is -0.525. The molecule has 0 spiro atoms. The van der Waals surface area contributed by atoms with Gasteiger partial charge < -0.3 is 5.32 Å². The smallest absolute Gasteiger partial charge is 0.258 e. The molecular weight excluding hydrogens is 333 g/mol. The summed E-state index contributed by atoms with van der Waals surface area (Å²) < 4.78 is 14.5. The topological polar surface area (TPSA) is 29.1 Å². The fourth-order valence-electron chi connectivity index (χ4n) is 2.26. The molecule has 110 valence electrons. The van der Waals surface area contributed by atoms with Crippen molar-refractivity contribution in [1.82, 2.24) is 0 Å². The Kier molecular flexibility index (Phi) is 5.12. The highest BCUT2D eigenvalue weighted by atomic mass is 79.9. The van der Waals surface area contributed by atoms with Crippen molar-refractivity contribution < 1.29 is 9.18 Å². The van der Waals surface area contributed by atoms with Gasteiger partial charge in [-0.05, 0) is 42.2 Å². The summed E-state index contributed by atoms with van der Waals surface area (Å²) in [7, 11) is 0. The fourth-order valence-corrected chi connectivity index (χ4v) is 2.62. The van der Waals surface area contributed by atoms with Crippen molar-refractivity contribution in [1.29, 1.82) is 0 Å². The first-order chi connectivity index (χ1) is 10.1. The fraction of sp³-hybridized carbons (Fsp3) is 0.235. The molecule has 0 aromatic heterocycles. The number of benzene rings is 2. The van der Waals surface area contributed by atoms with Crippen LogP contribution < -0.4 is 5.32 Å². The molecule has 0 fully saturated rings. The summed E-state index contributed by atoms with van der Waals surface area (Å²) in [6.45, 7) is 4.06. The minimum absolute atomic E-state index is 0.0392. The van der Waals surface area contributed by atoms with E-state index in [0.29, 0.717) is 4.47 Å². The van der Waals surface area contributed by atoms with E-state index in [4.69, 9.17) is 0 Å². The molecule has 21 heavy (non-hydrogen) atoms. The van der Waals surface area contributed by atoms with Gasteiger partial charge in [0.2, 0.25) is 0 Å². The molecule has 2 nitrogen and oxygen atoms in total. The van der Waals surface area contributed by atoms with Crippen molar-refractivity contribution in [2.24, 2.45) is 0 Å². The van der Waals surface area contributed by atoms with Crippen LogP contribution in [0.1, 0.15) is 35.3 Å². The predicted molar refractivity (Wildman–Crippen MR) is 87.3 cm³/mol. The lowest BCUT2D eigenvalue weighted by Crippen LogP contribution is -2.16. The molecule has 0 saturated carbocycles. The molecule has 1 N–H and O–H groups in total. The van der Waals surface area contributed by atoms with Gasteiger partial charge in [-0.15, -0.1) is 0 Å². The molecule has 0 unspecified atom stereocenters. The normalized spacial score (nSPS) is 10.5. The maximum absolute atomic E-state index is 13.8. The number of amides is 1. The van der Waals surface area contributed by atoms with Crippen LogP contribution in [-0.2, 0) is 12.8 Å². The van der Waals surface area contributed by atoms with Crippen LogP contribution in [-0.4, -0.2) is 5.91 Å². The zero-order valence-corrected chi connectivity index (χ0v) is 13.6. The number of hydrogen-bond acceptors (Lipinski definition) is 1. The Labute approximate surface area is 132 Å². The van der Waals surface area contributed by atoms with Gasteiger partial charge in [0.05, 0.1) is 5.56 Å². The first-order valence-electron chi connectivity index (χ1n) is 6.94. The lowest BCUT2D eigenvalue weighted by molar-refractivity contribution is 0.102. The molecule has 2 aromatic carbocycles. The maximum Gasteiger partial charge on any atom is 0.258 e. The van der Waals surface area contributed by atoms with Crippen molar-refractivity contribution in [2.75, 3.05) is 5.32 Å². The van der Waals surface area contributed by atoms with Gasteiger partial charge in [0.1, 0.15) is 5.82 Å². The number of rotatable bonds is 4. The molecule has 0 aliphatic carbocycles. The summed E-state index contributed by atoms with van der Waals surface area (Å²) in [6, 6.07) is 10.3. The van der Waals surface area contributed by atoms with Crippen molar-refractivity contribution in [3.63, 3.8) is 0 Å². The zero-order chi connectivity index (χ0) is 15.4. The van der Waals surface area contributed by atoms with E-state index < -0.39 is 11.7 Å². The Hall–Kier alpha value is -1.68. The SMILES string of the molecule is CCc1cccc(CC)c1NC(=O)c1cc(Br)ccc1F. The molecule has 2 rings (SSSR count). The molecule has 0 radical (unpaired) electrons. The molecule has 1 amide bonds. The number of para-hydroxylation sites is 1. The van der Waals surface area contributed by atoms with Crippen molar-refractivity contribution >= 4 is 27.5 Å². The Balaban J connectivity index is 2.38. The van der Waals surface area contributed by atoms with Gasteiger partial charge in [-0.2, -0.15) is 0 Å². The summed E-state index contributed by atoms with van der Waals surface area (Å²) in [6.07, 6.45) is 1.62. The van der Waals surface area contributed by atoms with Crippen LogP contribution in [0.4, 0.5) is 10.1 Å². The molecule has 0 aliphatic rings. The van der Waals surface area contributed by atoms with Crippen molar-refractivity contribution in [3.8, 4) is 0 Å². The van der Waals surface area contributed by atoms with E-state index >= 15 is 0 Å². The lowest BCUT2D eigenvalue weighted by atomic mass is 10.0. The Morgan fingerprint density at radius 1 is 1.14 bits per heavy atom. The second-order valence-corrected chi connectivity index (χ2v) is 5.65. The quantitative estimate of drug-likeness (QED) is 0.829. The molecule has 0 aliphatic heterocycles. The minimum Gasteiger partial charge on any atom is -0.321 e. The Bertz CT molecular complexity index is 648. The molecule has 4 heteroatoms.